The van der Waals surface area contributed by atoms with Gasteiger partial charge < -0.3 is 10.6 Å². The lowest BCUT2D eigenvalue weighted by atomic mass is 10.1. The Balaban J connectivity index is 2.20. The lowest BCUT2D eigenvalue weighted by Crippen LogP contribution is -2.27. The van der Waals surface area contributed by atoms with Crippen LogP contribution in [0.3, 0.4) is 0 Å². The van der Waals surface area contributed by atoms with E-state index in [1.54, 1.807) is 30.4 Å². The minimum Gasteiger partial charge on any atom is -0.398 e. The van der Waals surface area contributed by atoms with Gasteiger partial charge in [0, 0.05) is 31.7 Å². The highest BCUT2D eigenvalue weighted by atomic mass is 16.2. The number of hydrogen-bond donors (Lipinski definition) is 1. The van der Waals surface area contributed by atoms with E-state index in [1.165, 1.54) is 0 Å². The van der Waals surface area contributed by atoms with Gasteiger partial charge in [0.2, 0.25) is 0 Å². The van der Waals surface area contributed by atoms with E-state index in [9.17, 15) is 4.79 Å². The highest BCUT2D eigenvalue weighted by molar-refractivity contribution is 6.00. The first kappa shape index (κ1) is 13.1. The Morgan fingerprint density at radius 2 is 2.11 bits per heavy atom. The maximum Gasteiger partial charge on any atom is 0.256 e. The van der Waals surface area contributed by atoms with Crippen LogP contribution in [0.2, 0.25) is 0 Å². The lowest BCUT2D eigenvalue weighted by molar-refractivity contribution is 0.0785. The van der Waals surface area contributed by atoms with Crippen LogP contribution in [0.25, 0.3) is 0 Å². The first-order chi connectivity index (χ1) is 9.09. The summed E-state index contributed by atoms with van der Waals surface area (Å²) in [5.74, 6) is -0.0700. The Morgan fingerprint density at radius 1 is 1.32 bits per heavy atom. The van der Waals surface area contributed by atoms with Crippen LogP contribution in [-0.2, 0) is 6.54 Å². The molecule has 0 fully saturated rings. The largest absolute Gasteiger partial charge is 0.398 e. The normalized spacial score (nSPS) is 10.2. The van der Waals surface area contributed by atoms with Crippen LogP contribution < -0.4 is 5.73 Å². The van der Waals surface area contributed by atoms with Gasteiger partial charge in [-0.05, 0) is 30.2 Å². The Morgan fingerprint density at radius 3 is 2.74 bits per heavy atom. The van der Waals surface area contributed by atoms with Gasteiger partial charge in [0.25, 0.3) is 5.91 Å². The standard InChI is InChI=1S/C15H17N3O/c1-11-5-3-7-13(16)14(11)15(19)18(2)10-12-6-4-8-17-9-12/h3-9H,10,16H2,1-2H3. The van der Waals surface area contributed by atoms with E-state index in [0.717, 1.165) is 11.1 Å². The zero-order chi connectivity index (χ0) is 13.8. The van der Waals surface area contributed by atoms with Crippen LogP contribution in [0, 0.1) is 6.92 Å². The molecular weight excluding hydrogens is 238 g/mol. The Bertz CT molecular complexity index is 561. The minimum absolute atomic E-state index is 0.0700. The maximum atomic E-state index is 12.4. The number of aromatic nitrogens is 1. The van der Waals surface area contributed by atoms with Crippen molar-refractivity contribution in [3.63, 3.8) is 0 Å². The smallest absolute Gasteiger partial charge is 0.256 e. The highest BCUT2D eigenvalue weighted by Crippen LogP contribution is 2.18. The molecule has 0 aliphatic carbocycles. The molecular formula is C15H17N3O. The van der Waals surface area contributed by atoms with Gasteiger partial charge in [0.1, 0.15) is 0 Å². The molecule has 0 unspecified atom stereocenters. The zero-order valence-corrected chi connectivity index (χ0v) is 11.1. The second-order valence-corrected chi connectivity index (χ2v) is 4.56. The number of nitrogen functional groups attached to an aromatic ring is 1. The summed E-state index contributed by atoms with van der Waals surface area (Å²) in [5, 5.41) is 0. The van der Waals surface area contributed by atoms with Gasteiger partial charge in [-0.1, -0.05) is 18.2 Å². The van der Waals surface area contributed by atoms with Crippen molar-refractivity contribution in [2.75, 3.05) is 12.8 Å². The molecule has 1 amide bonds. The molecule has 0 spiro atoms. The van der Waals surface area contributed by atoms with Gasteiger partial charge in [-0.25, -0.2) is 0 Å². The van der Waals surface area contributed by atoms with Crippen molar-refractivity contribution in [2.45, 2.75) is 13.5 Å². The summed E-state index contributed by atoms with van der Waals surface area (Å²) in [5.41, 5.74) is 8.87. The fraction of sp³-hybridized carbons (Fsp3) is 0.200. The van der Waals surface area contributed by atoms with Crippen molar-refractivity contribution >= 4 is 11.6 Å². The van der Waals surface area contributed by atoms with Crippen LogP contribution in [0.15, 0.2) is 42.7 Å². The van der Waals surface area contributed by atoms with Crippen LogP contribution in [0.4, 0.5) is 5.69 Å². The van der Waals surface area contributed by atoms with Crippen LogP contribution in [0.1, 0.15) is 21.5 Å². The Hall–Kier alpha value is -2.36. The number of benzene rings is 1. The highest BCUT2D eigenvalue weighted by Gasteiger charge is 2.17. The second-order valence-electron chi connectivity index (χ2n) is 4.56. The van der Waals surface area contributed by atoms with Gasteiger partial charge in [0.05, 0.1) is 5.56 Å². The van der Waals surface area contributed by atoms with Crippen molar-refractivity contribution in [1.29, 1.82) is 0 Å². The van der Waals surface area contributed by atoms with E-state index in [1.807, 2.05) is 31.2 Å². The molecule has 0 aliphatic heterocycles. The van der Waals surface area contributed by atoms with Gasteiger partial charge in [-0.3, -0.25) is 9.78 Å². The first-order valence-corrected chi connectivity index (χ1v) is 6.09. The molecule has 4 nitrogen and oxygen atoms in total. The molecule has 0 saturated heterocycles. The summed E-state index contributed by atoms with van der Waals surface area (Å²) in [6, 6.07) is 9.29. The molecule has 0 aliphatic rings. The third-order valence-electron chi connectivity index (χ3n) is 3.01. The summed E-state index contributed by atoms with van der Waals surface area (Å²) >= 11 is 0. The molecule has 19 heavy (non-hydrogen) atoms. The third kappa shape index (κ3) is 2.91. The van der Waals surface area contributed by atoms with Gasteiger partial charge >= 0.3 is 0 Å². The number of pyridine rings is 1. The monoisotopic (exact) mass is 255 g/mol. The molecule has 2 rings (SSSR count). The number of carbonyl (C=O) groups is 1. The zero-order valence-electron chi connectivity index (χ0n) is 11.1. The number of amides is 1. The van der Waals surface area contributed by atoms with Crippen molar-refractivity contribution < 1.29 is 4.79 Å². The lowest BCUT2D eigenvalue weighted by Gasteiger charge is -2.19. The number of hydrogen-bond acceptors (Lipinski definition) is 3. The molecule has 2 N–H and O–H groups in total. The third-order valence-corrected chi connectivity index (χ3v) is 3.01. The molecule has 1 heterocycles. The summed E-state index contributed by atoms with van der Waals surface area (Å²) in [6.45, 7) is 2.40. The Labute approximate surface area is 112 Å². The fourth-order valence-corrected chi connectivity index (χ4v) is 2.01. The predicted octanol–water partition coefficient (Wildman–Crippen LogP) is 2.24. The fourth-order valence-electron chi connectivity index (χ4n) is 2.01. The molecule has 1 aromatic carbocycles. The number of rotatable bonds is 3. The molecule has 4 heteroatoms. The molecule has 1 aromatic heterocycles. The topological polar surface area (TPSA) is 59.2 Å². The Kier molecular flexibility index (Phi) is 3.80. The second kappa shape index (κ2) is 5.52. The van der Waals surface area contributed by atoms with Crippen molar-refractivity contribution in [3.8, 4) is 0 Å². The van der Waals surface area contributed by atoms with E-state index < -0.39 is 0 Å². The first-order valence-electron chi connectivity index (χ1n) is 6.09. The number of nitrogens with zero attached hydrogens (tertiary/aromatic N) is 2. The van der Waals surface area contributed by atoms with Gasteiger partial charge in [-0.2, -0.15) is 0 Å². The van der Waals surface area contributed by atoms with E-state index in [-0.39, 0.29) is 5.91 Å². The maximum absolute atomic E-state index is 12.4. The van der Waals surface area contributed by atoms with Crippen molar-refractivity contribution in [2.24, 2.45) is 0 Å². The van der Waals surface area contributed by atoms with E-state index >= 15 is 0 Å². The van der Waals surface area contributed by atoms with E-state index in [0.29, 0.717) is 17.8 Å². The SMILES string of the molecule is Cc1cccc(N)c1C(=O)N(C)Cc1cccnc1. The van der Waals surface area contributed by atoms with Crippen molar-refractivity contribution in [3.05, 3.63) is 59.4 Å². The van der Waals surface area contributed by atoms with Crippen molar-refractivity contribution in [1.82, 2.24) is 9.88 Å². The minimum atomic E-state index is -0.0700. The van der Waals surface area contributed by atoms with E-state index in [4.69, 9.17) is 5.73 Å². The number of carbonyl (C=O) groups excluding carboxylic acids is 1. The van der Waals surface area contributed by atoms with Gasteiger partial charge in [0.15, 0.2) is 0 Å². The van der Waals surface area contributed by atoms with Crippen LogP contribution in [0.5, 0.6) is 0 Å². The van der Waals surface area contributed by atoms with Crippen LogP contribution in [-0.4, -0.2) is 22.8 Å². The number of nitrogens with two attached hydrogens (primary N) is 1. The molecule has 0 bridgehead atoms. The number of aryl methyl sites for hydroxylation is 1. The molecule has 0 radical (unpaired) electrons. The summed E-state index contributed by atoms with van der Waals surface area (Å²) < 4.78 is 0. The molecule has 2 aromatic rings. The predicted molar refractivity (Wildman–Crippen MR) is 75.6 cm³/mol. The van der Waals surface area contributed by atoms with Gasteiger partial charge in [-0.15, -0.1) is 0 Å². The summed E-state index contributed by atoms with van der Waals surface area (Å²) in [7, 11) is 1.77. The molecule has 0 saturated carbocycles. The van der Waals surface area contributed by atoms with Crippen LogP contribution >= 0.6 is 0 Å². The summed E-state index contributed by atoms with van der Waals surface area (Å²) in [4.78, 5) is 18.1. The quantitative estimate of drug-likeness (QED) is 0.856. The van der Waals surface area contributed by atoms with E-state index in [2.05, 4.69) is 4.98 Å². The number of anilines is 1. The average molecular weight is 255 g/mol. The average Bonchev–Trinajstić information content (AvgIpc) is 2.39. The molecule has 0 atom stereocenters. The molecule has 98 valence electrons. The summed E-state index contributed by atoms with van der Waals surface area (Å²) in [6.07, 6.45) is 3.47.